The summed E-state index contributed by atoms with van der Waals surface area (Å²) in [4.78, 5) is 6.30. The standard InChI is InChI=1S/C17H22BrFN4O/c1-20-17(23(3)11-14-8-13(18)10-22(14)2)21-9-12-5-6-16(24-4)15(19)7-12/h5-8,10H,9,11H2,1-4H3,(H,20,21). The molecule has 0 bridgehead atoms. The van der Waals surface area contributed by atoms with Gasteiger partial charge in [0, 0.05) is 44.1 Å². The molecule has 5 nitrogen and oxygen atoms in total. The summed E-state index contributed by atoms with van der Waals surface area (Å²) in [5, 5.41) is 3.24. The Morgan fingerprint density at radius 3 is 2.71 bits per heavy atom. The van der Waals surface area contributed by atoms with E-state index in [1.54, 1.807) is 13.1 Å². The van der Waals surface area contributed by atoms with Crippen molar-refractivity contribution in [2.45, 2.75) is 13.1 Å². The van der Waals surface area contributed by atoms with Crippen molar-refractivity contribution >= 4 is 21.9 Å². The molecule has 1 aromatic heterocycles. The molecular weight excluding hydrogens is 375 g/mol. The highest BCUT2D eigenvalue weighted by molar-refractivity contribution is 9.10. The lowest BCUT2D eigenvalue weighted by Gasteiger charge is -2.22. The van der Waals surface area contributed by atoms with Crippen molar-refractivity contribution in [1.82, 2.24) is 14.8 Å². The summed E-state index contributed by atoms with van der Waals surface area (Å²) in [6.07, 6.45) is 2.01. The van der Waals surface area contributed by atoms with E-state index in [-0.39, 0.29) is 11.6 Å². The van der Waals surface area contributed by atoms with Crippen LogP contribution in [0.4, 0.5) is 4.39 Å². The van der Waals surface area contributed by atoms with Crippen molar-refractivity contribution < 1.29 is 9.13 Å². The first-order valence-corrected chi connectivity index (χ1v) is 8.28. The zero-order valence-electron chi connectivity index (χ0n) is 14.3. The molecule has 2 rings (SSSR count). The van der Waals surface area contributed by atoms with Crippen LogP contribution < -0.4 is 10.1 Å². The Balaban J connectivity index is 1.99. The number of rotatable bonds is 5. The number of methoxy groups -OCH3 is 1. The minimum absolute atomic E-state index is 0.245. The number of nitrogens with one attached hydrogen (secondary N) is 1. The van der Waals surface area contributed by atoms with Gasteiger partial charge in [-0.2, -0.15) is 0 Å². The number of hydrogen-bond acceptors (Lipinski definition) is 2. The molecule has 0 aliphatic heterocycles. The van der Waals surface area contributed by atoms with E-state index in [0.29, 0.717) is 13.1 Å². The summed E-state index contributed by atoms with van der Waals surface area (Å²) in [6.45, 7) is 1.19. The number of benzene rings is 1. The minimum Gasteiger partial charge on any atom is -0.494 e. The smallest absolute Gasteiger partial charge is 0.194 e. The van der Waals surface area contributed by atoms with Crippen LogP contribution in [0, 0.1) is 5.82 Å². The Labute approximate surface area is 150 Å². The van der Waals surface area contributed by atoms with Gasteiger partial charge in [0.05, 0.1) is 13.7 Å². The molecule has 0 aliphatic rings. The second-order valence-electron chi connectivity index (χ2n) is 5.49. The Hall–Kier alpha value is -2.02. The van der Waals surface area contributed by atoms with Crippen LogP contribution in [0.2, 0.25) is 0 Å². The normalized spacial score (nSPS) is 11.5. The van der Waals surface area contributed by atoms with Crippen molar-refractivity contribution in [3.8, 4) is 5.75 Å². The number of aromatic nitrogens is 1. The predicted octanol–water partition coefficient (Wildman–Crippen LogP) is 3.14. The maximum Gasteiger partial charge on any atom is 0.194 e. The van der Waals surface area contributed by atoms with Gasteiger partial charge in [-0.3, -0.25) is 4.99 Å². The van der Waals surface area contributed by atoms with Gasteiger partial charge in [-0.05, 0) is 39.7 Å². The summed E-state index contributed by atoms with van der Waals surface area (Å²) < 4.78 is 21.8. The summed E-state index contributed by atoms with van der Waals surface area (Å²) in [5.74, 6) is 0.617. The summed E-state index contributed by atoms with van der Waals surface area (Å²) >= 11 is 3.48. The Morgan fingerprint density at radius 2 is 2.17 bits per heavy atom. The molecular formula is C17H22BrFN4O. The van der Waals surface area contributed by atoms with Crippen LogP contribution in [0.5, 0.6) is 5.75 Å². The van der Waals surface area contributed by atoms with Crippen LogP contribution in [0.1, 0.15) is 11.3 Å². The molecule has 7 heteroatoms. The monoisotopic (exact) mass is 396 g/mol. The van der Waals surface area contributed by atoms with E-state index in [9.17, 15) is 4.39 Å². The van der Waals surface area contributed by atoms with Gasteiger partial charge in [0.25, 0.3) is 0 Å². The molecule has 0 spiro atoms. The zero-order chi connectivity index (χ0) is 17.7. The quantitative estimate of drug-likeness (QED) is 0.623. The van der Waals surface area contributed by atoms with Crippen LogP contribution in [0.15, 0.2) is 39.9 Å². The molecule has 0 fully saturated rings. The van der Waals surface area contributed by atoms with Gasteiger partial charge in [-0.1, -0.05) is 6.07 Å². The van der Waals surface area contributed by atoms with Gasteiger partial charge < -0.3 is 19.5 Å². The molecule has 0 unspecified atom stereocenters. The number of guanidine groups is 1. The number of ether oxygens (including phenoxy) is 1. The molecule has 1 heterocycles. The third-order valence-corrected chi connectivity index (χ3v) is 4.15. The van der Waals surface area contributed by atoms with E-state index < -0.39 is 0 Å². The molecule has 1 aromatic carbocycles. The average molecular weight is 397 g/mol. The summed E-state index contributed by atoms with van der Waals surface area (Å²) in [5.41, 5.74) is 1.98. The highest BCUT2D eigenvalue weighted by atomic mass is 79.9. The first kappa shape index (κ1) is 18.3. The van der Waals surface area contributed by atoms with Crippen LogP contribution in [0.25, 0.3) is 0 Å². The average Bonchev–Trinajstić information content (AvgIpc) is 2.85. The number of aliphatic imine (C=N–C) groups is 1. The van der Waals surface area contributed by atoms with E-state index in [1.807, 2.05) is 31.3 Å². The van der Waals surface area contributed by atoms with Crippen LogP contribution >= 0.6 is 15.9 Å². The largest absolute Gasteiger partial charge is 0.494 e. The Kier molecular flexibility index (Phi) is 6.25. The minimum atomic E-state index is -0.367. The number of hydrogen-bond donors (Lipinski definition) is 1. The van der Waals surface area contributed by atoms with Gasteiger partial charge in [0.15, 0.2) is 17.5 Å². The van der Waals surface area contributed by atoms with Crippen molar-refractivity contribution in [2.75, 3.05) is 21.2 Å². The van der Waals surface area contributed by atoms with E-state index in [4.69, 9.17) is 4.74 Å². The van der Waals surface area contributed by atoms with Gasteiger partial charge in [-0.15, -0.1) is 0 Å². The maximum atomic E-state index is 13.7. The molecule has 0 amide bonds. The lowest BCUT2D eigenvalue weighted by atomic mass is 10.2. The van der Waals surface area contributed by atoms with Gasteiger partial charge in [0.2, 0.25) is 0 Å². The van der Waals surface area contributed by atoms with E-state index in [2.05, 4.69) is 36.9 Å². The van der Waals surface area contributed by atoms with E-state index in [1.165, 1.54) is 13.2 Å². The zero-order valence-corrected chi connectivity index (χ0v) is 15.9. The van der Waals surface area contributed by atoms with Gasteiger partial charge >= 0.3 is 0 Å². The van der Waals surface area contributed by atoms with Crippen molar-refractivity contribution in [1.29, 1.82) is 0 Å². The maximum absolute atomic E-state index is 13.7. The Bertz CT molecular complexity index is 729. The van der Waals surface area contributed by atoms with Crippen molar-refractivity contribution in [3.63, 3.8) is 0 Å². The molecule has 2 aromatic rings. The molecule has 24 heavy (non-hydrogen) atoms. The van der Waals surface area contributed by atoms with Crippen LogP contribution in [-0.4, -0.2) is 36.6 Å². The SMILES string of the molecule is CN=C(NCc1ccc(OC)c(F)c1)N(C)Cc1cc(Br)cn1C. The van der Waals surface area contributed by atoms with Gasteiger partial charge in [-0.25, -0.2) is 4.39 Å². The predicted molar refractivity (Wildman–Crippen MR) is 97.7 cm³/mol. The summed E-state index contributed by atoms with van der Waals surface area (Å²) in [7, 11) is 7.15. The van der Waals surface area contributed by atoms with Crippen LogP contribution in [-0.2, 0) is 20.1 Å². The summed E-state index contributed by atoms with van der Waals surface area (Å²) in [6, 6.07) is 6.99. The molecule has 0 saturated carbocycles. The molecule has 0 radical (unpaired) electrons. The third-order valence-electron chi connectivity index (χ3n) is 3.71. The fourth-order valence-corrected chi connectivity index (χ4v) is 3.00. The number of halogens is 2. The number of nitrogens with zero attached hydrogens (tertiary/aromatic N) is 3. The second-order valence-corrected chi connectivity index (χ2v) is 6.40. The molecule has 1 N–H and O–H groups in total. The van der Waals surface area contributed by atoms with Gasteiger partial charge in [0.1, 0.15) is 0 Å². The van der Waals surface area contributed by atoms with E-state index in [0.717, 1.165) is 21.7 Å². The third kappa shape index (κ3) is 4.50. The second kappa shape index (κ2) is 8.19. The fraction of sp³-hybridized carbons (Fsp3) is 0.353. The topological polar surface area (TPSA) is 41.8 Å². The highest BCUT2D eigenvalue weighted by Gasteiger charge is 2.10. The number of aryl methyl sites for hydroxylation is 1. The van der Waals surface area contributed by atoms with Crippen LogP contribution in [0.3, 0.4) is 0 Å². The molecule has 130 valence electrons. The Morgan fingerprint density at radius 1 is 1.42 bits per heavy atom. The lowest BCUT2D eigenvalue weighted by Crippen LogP contribution is -2.38. The van der Waals surface area contributed by atoms with Crippen molar-refractivity contribution in [3.05, 3.63) is 52.0 Å². The molecule has 0 saturated heterocycles. The molecule has 0 atom stereocenters. The highest BCUT2D eigenvalue weighted by Crippen LogP contribution is 2.18. The van der Waals surface area contributed by atoms with E-state index >= 15 is 0 Å². The first-order valence-electron chi connectivity index (χ1n) is 7.49. The first-order chi connectivity index (χ1) is 11.4. The lowest BCUT2D eigenvalue weighted by molar-refractivity contribution is 0.386. The fourth-order valence-electron chi connectivity index (χ4n) is 2.43. The van der Waals surface area contributed by atoms with Crippen molar-refractivity contribution in [2.24, 2.45) is 12.0 Å². The molecule has 0 aliphatic carbocycles.